The van der Waals surface area contributed by atoms with E-state index in [1.165, 1.54) is 6.20 Å². The predicted molar refractivity (Wildman–Crippen MR) is 38.9 cm³/mol. The first-order chi connectivity index (χ1) is 5.92. The summed E-state index contributed by atoms with van der Waals surface area (Å²) in [4.78, 5) is 0. The number of hydrogen-bond acceptors (Lipinski definition) is 2. The third-order valence-corrected chi connectivity index (χ3v) is 1.56. The first kappa shape index (κ1) is 10.0. The van der Waals surface area contributed by atoms with E-state index >= 15 is 0 Å². The van der Waals surface area contributed by atoms with Crippen molar-refractivity contribution in [1.29, 1.82) is 0 Å². The van der Waals surface area contributed by atoms with E-state index in [1.807, 2.05) is 0 Å². The fourth-order valence-electron chi connectivity index (χ4n) is 0.979. The Hall–Kier alpha value is -1.04. The van der Waals surface area contributed by atoms with Gasteiger partial charge in [0.1, 0.15) is 6.54 Å². The number of aliphatic hydroxyl groups is 1. The van der Waals surface area contributed by atoms with E-state index in [2.05, 4.69) is 5.10 Å². The number of rotatable bonds is 2. The molecule has 0 saturated carbocycles. The van der Waals surface area contributed by atoms with Crippen molar-refractivity contribution in [2.24, 2.45) is 0 Å². The molecule has 1 aromatic heterocycles. The molecule has 0 amide bonds. The molecule has 74 valence electrons. The number of aryl methyl sites for hydroxylation is 1. The third-order valence-electron chi connectivity index (χ3n) is 1.56. The number of halogens is 3. The Morgan fingerprint density at radius 1 is 1.54 bits per heavy atom. The first-order valence-corrected chi connectivity index (χ1v) is 3.63. The second-order valence-corrected chi connectivity index (χ2v) is 2.71. The van der Waals surface area contributed by atoms with E-state index in [1.54, 1.807) is 6.92 Å². The summed E-state index contributed by atoms with van der Waals surface area (Å²) in [5.74, 6) is 0. The molecule has 1 aromatic rings. The van der Waals surface area contributed by atoms with Crippen molar-refractivity contribution in [3.63, 3.8) is 0 Å². The minimum Gasteiger partial charge on any atom is -0.392 e. The summed E-state index contributed by atoms with van der Waals surface area (Å²) in [6, 6.07) is 0. The van der Waals surface area contributed by atoms with Crippen molar-refractivity contribution in [2.45, 2.75) is 26.3 Å². The van der Waals surface area contributed by atoms with Gasteiger partial charge in [-0.05, 0) is 6.92 Å². The smallest absolute Gasteiger partial charge is 0.392 e. The second-order valence-electron chi connectivity index (χ2n) is 2.71. The molecule has 0 aliphatic rings. The van der Waals surface area contributed by atoms with Gasteiger partial charge in [0.05, 0.1) is 12.3 Å². The Balaban J connectivity index is 2.80. The molecule has 0 fully saturated rings. The minimum atomic E-state index is -4.27. The van der Waals surface area contributed by atoms with Gasteiger partial charge >= 0.3 is 6.18 Å². The summed E-state index contributed by atoms with van der Waals surface area (Å²) < 4.78 is 36.4. The van der Waals surface area contributed by atoms with Crippen LogP contribution in [0.4, 0.5) is 13.2 Å². The van der Waals surface area contributed by atoms with E-state index in [0.29, 0.717) is 11.3 Å². The molecule has 0 bridgehead atoms. The summed E-state index contributed by atoms with van der Waals surface area (Å²) in [5.41, 5.74) is 0.844. The Bertz CT molecular complexity index is 292. The highest BCUT2D eigenvalue weighted by Crippen LogP contribution is 2.17. The summed E-state index contributed by atoms with van der Waals surface area (Å²) in [7, 11) is 0. The monoisotopic (exact) mass is 194 g/mol. The van der Waals surface area contributed by atoms with Crippen molar-refractivity contribution in [3.05, 3.63) is 17.5 Å². The van der Waals surface area contributed by atoms with Crippen molar-refractivity contribution < 1.29 is 18.3 Å². The zero-order chi connectivity index (χ0) is 10.1. The van der Waals surface area contributed by atoms with Gasteiger partial charge in [-0.3, -0.25) is 4.68 Å². The Kier molecular flexibility index (Phi) is 2.60. The van der Waals surface area contributed by atoms with E-state index in [-0.39, 0.29) is 6.61 Å². The molecule has 3 nitrogen and oxygen atoms in total. The molecule has 0 unspecified atom stereocenters. The molecule has 1 N–H and O–H groups in total. The SMILES string of the molecule is Cc1nn(CC(F)(F)F)cc1CO. The normalized spacial score (nSPS) is 12.1. The lowest BCUT2D eigenvalue weighted by Crippen LogP contribution is -2.17. The molecule has 1 rings (SSSR count). The van der Waals surface area contributed by atoms with Crippen LogP contribution in [0.1, 0.15) is 11.3 Å². The van der Waals surface area contributed by atoms with E-state index < -0.39 is 12.7 Å². The van der Waals surface area contributed by atoms with Crippen molar-refractivity contribution >= 4 is 0 Å². The Morgan fingerprint density at radius 2 is 2.15 bits per heavy atom. The van der Waals surface area contributed by atoms with E-state index in [9.17, 15) is 13.2 Å². The highest BCUT2D eigenvalue weighted by atomic mass is 19.4. The van der Waals surface area contributed by atoms with Gasteiger partial charge in [0, 0.05) is 11.8 Å². The number of hydrogen-bond donors (Lipinski definition) is 1. The maximum absolute atomic E-state index is 11.9. The highest BCUT2D eigenvalue weighted by Gasteiger charge is 2.28. The quantitative estimate of drug-likeness (QED) is 0.769. The lowest BCUT2D eigenvalue weighted by Gasteiger charge is -2.04. The van der Waals surface area contributed by atoms with Gasteiger partial charge in [0.25, 0.3) is 0 Å². The van der Waals surface area contributed by atoms with Crippen LogP contribution in [0.2, 0.25) is 0 Å². The van der Waals surface area contributed by atoms with Gasteiger partial charge in [0.2, 0.25) is 0 Å². The van der Waals surface area contributed by atoms with Gasteiger partial charge in [-0.15, -0.1) is 0 Å². The lowest BCUT2D eigenvalue weighted by molar-refractivity contribution is -0.142. The molecule has 0 spiro atoms. The molecule has 0 aliphatic carbocycles. The molecule has 0 radical (unpaired) electrons. The largest absolute Gasteiger partial charge is 0.408 e. The summed E-state index contributed by atoms with van der Waals surface area (Å²) in [6.07, 6.45) is -3.08. The fraction of sp³-hybridized carbons (Fsp3) is 0.571. The molecular formula is C7H9F3N2O. The van der Waals surface area contributed by atoms with Crippen LogP contribution >= 0.6 is 0 Å². The van der Waals surface area contributed by atoms with Crippen LogP contribution < -0.4 is 0 Å². The molecule has 1 heterocycles. The predicted octanol–water partition coefficient (Wildman–Crippen LogP) is 1.25. The highest BCUT2D eigenvalue weighted by molar-refractivity contribution is 5.13. The van der Waals surface area contributed by atoms with Crippen LogP contribution in [0.5, 0.6) is 0 Å². The zero-order valence-electron chi connectivity index (χ0n) is 6.97. The third kappa shape index (κ3) is 2.73. The average molecular weight is 194 g/mol. The van der Waals surface area contributed by atoms with Crippen LogP contribution in [0.15, 0.2) is 6.20 Å². The van der Waals surface area contributed by atoms with Gasteiger partial charge in [-0.25, -0.2) is 0 Å². The van der Waals surface area contributed by atoms with Crippen LogP contribution in [-0.2, 0) is 13.2 Å². The summed E-state index contributed by atoms with van der Waals surface area (Å²) in [6.45, 7) is 0.149. The van der Waals surface area contributed by atoms with Crippen LogP contribution in [0.25, 0.3) is 0 Å². The Labute approximate surface area is 72.8 Å². The van der Waals surface area contributed by atoms with Gasteiger partial charge in [0.15, 0.2) is 0 Å². The van der Waals surface area contributed by atoms with Crippen LogP contribution in [0.3, 0.4) is 0 Å². The molecule has 0 aliphatic heterocycles. The van der Waals surface area contributed by atoms with E-state index in [4.69, 9.17) is 5.11 Å². The van der Waals surface area contributed by atoms with Crippen LogP contribution in [-0.4, -0.2) is 21.1 Å². The van der Waals surface area contributed by atoms with Gasteiger partial charge < -0.3 is 5.11 Å². The number of alkyl halides is 3. The van der Waals surface area contributed by atoms with Crippen molar-refractivity contribution in [2.75, 3.05) is 0 Å². The number of nitrogens with zero attached hydrogens (tertiary/aromatic N) is 2. The molecule has 0 atom stereocenters. The molecule has 0 saturated heterocycles. The van der Waals surface area contributed by atoms with Gasteiger partial charge in [-0.1, -0.05) is 0 Å². The number of aliphatic hydroxyl groups excluding tert-OH is 1. The van der Waals surface area contributed by atoms with Crippen LogP contribution in [0, 0.1) is 6.92 Å². The zero-order valence-corrected chi connectivity index (χ0v) is 6.97. The summed E-state index contributed by atoms with van der Waals surface area (Å²) >= 11 is 0. The molecular weight excluding hydrogens is 185 g/mol. The average Bonchev–Trinajstić information content (AvgIpc) is 2.26. The van der Waals surface area contributed by atoms with Gasteiger partial charge in [-0.2, -0.15) is 18.3 Å². The lowest BCUT2D eigenvalue weighted by atomic mass is 10.3. The first-order valence-electron chi connectivity index (χ1n) is 3.63. The maximum Gasteiger partial charge on any atom is 0.408 e. The van der Waals surface area contributed by atoms with Crippen molar-refractivity contribution in [3.8, 4) is 0 Å². The van der Waals surface area contributed by atoms with E-state index in [0.717, 1.165) is 4.68 Å². The molecule has 0 aromatic carbocycles. The minimum absolute atomic E-state index is 0.288. The van der Waals surface area contributed by atoms with Crippen molar-refractivity contribution in [1.82, 2.24) is 9.78 Å². The topological polar surface area (TPSA) is 38.0 Å². The standard InChI is InChI=1S/C7H9F3N2O/c1-5-6(3-13)2-12(11-5)4-7(8,9)10/h2,13H,3-4H2,1H3. The molecule has 6 heteroatoms. The molecule has 13 heavy (non-hydrogen) atoms. The summed E-state index contributed by atoms with van der Waals surface area (Å²) in [5, 5.41) is 12.3. The maximum atomic E-state index is 11.9. The fourth-order valence-corrected chi connectivity index (χ4v) is 0.979. The number of aromatic nitrogens is 2. The second kappa shape index (κ2) is 3.37. The Morgan fingerprint density at radius 3 is 2.54 bits per heavy atom.